The van der Waals surface area contributed by atoms with Crippen molar-refractivity contribution in [3.63, 3.8) is 0 Å². The van der Waals surface area contributed by atoms with Crippen molar-refractivity contribution in [2.24, 2.45) is 4.99 Å². The molecule has 0 saturated heterocycles. The first kappa shape index (κ1) is 14.9. The number of rotatable bonds is 4. The topological polar surface area (TPSA) is 71.8 Å². The van der Waals surface area contributed by atoms with E-state index in [2.05, 4.69) is 9.98 Å². The average molecular weight is 324 g/mol. The summed E-state index contributed by atoms with van der Waals surface area (Å²) in [6.45, 7) is 0. The number of thiazole rings is 1. The highest BCUT2D eigenvalue weighted by Crippen LogP contribution is 2.20. The molecule has 0 radical (unpaired) electrons. The van der Waals surface area contributed by atoms with Crippen LogP contribution in [0.3, 0.4) is 0 Å². The third-order valence-electron chi connectivity index (χ3n) is 2.96. The molecule has 0 spiro atoms. The summed E-state index contributed by atoms with van der Waals surface area (Å²) in [4.78, 5) is 20.3. The molecule has 2 aromatic carbocycles. The molecular formula is C17H12N2O3S. The fraction of sp³-hybridized carbons (Fsp3) is 0. The van der Waals surface area contributed by atoms with E-state index in [9.17, 15) is 9.90 Å². The van der Waals surface area contributed by atoms with Crippen molar-refractivity contribution in [3.05, 3.63) is 71.2 Å². The van der Waals surface area contributed by atoms with Gasteiger partial charge in [0.2, 0.25) is 5.13 Å². The fourth-order valence-corrected chi connectivity index (χ4v) is 2.32. The molecule has 0 atom stereocenters. The predicted octanol–water partition coefficient (Wildman–Crippen LogP) is 3.82. The smallest absolute Gasteiger partial charge is 0.347 e. The first-order valence-electron chi connectivity index (χ1n) is 6.76. The molecule has 0 saturated carbocycles. The van der Waals surface area contributed by atoms with Crippen molar-refractivity contribution in [2.45, 2.75) is 0 Å². The molecule has 0 aliphatic carbocycles. The second kappa shape index (κ2) is 6.85. The van der Waals surface area contributed by atoms with Crippen LogP contribution in [0.1, 0.15) is 15.9 Å². The van der Waals surface area contributed by atoms with Crippen molar-refractivity contribution in [2.75, 3.05) is 0 Å². The molecular weight excluding hydrogens is 312 g/mol. The molecule has 1 heterocycles. The minimum absolute atomic E-state index is 0.107. The van der Waals surface area contributed by atoms with E-state index in [0.717, 1.165) is 5.56 Å². The summed E-state index contributed by atoms with van der Waals surface area (Å²) >= 11 is 1.45. The number of phenolic OH excluding ortho intramolecular Hbond substituents is 1. The van der Waals surface area contributed by atoms with Gasteiger partial charge in [0.15, 0.2) is 0 Å². The first-order chi connectivity index (χ1) is 11.2. The summed E-state index contributed by atoms with van der Waals surface area (Å²) in [6, 6.07) is 13.1. The number of carbonyl (C=O) groups is 1. The number of hydrogen-bond acceptors (Lipinski definition) is 6. The summed E-state index contributed by atoms with van der Waals surface area (Å²) < 4.78 is 5.23. The number of para-hydroxylation sites is 1. The molecule has 0 fully saturated rings. The van der Waals surface area contributed by atoms with Gasteiger partial charge >= 0.3 is 5.97 Å². The summed E-state index contributed by atoms with van der Waals surface area (Å²) in [6.07, 6.45) is 3.38. The maximum absolute atomic E-state index is 12.0. The Balaban J connectivity index is 1.68. The van der Waals surface area contributed by atoms with E-state index in [0.29, 0.717) is 10.9 Å². The van der Waals surface area contributed by atoms with Crippen LogP contribution in [-0.2, 0) is 0 Å². The fourth-order valence-electron chi connectivity index (χ4n) is 1.84. The normalized spacial score (nSPS) is 10.8. The number of nitrogens with zero attached hydrogens (tertiary/aromatic N) is 2. The molecule has 1 aromatic heterocycles. The lowest BCUT2D eigenvalue weighted by Crippen LogP contribution is -2.08. The van der Waals surface area contributed by atoms with Crippen molar-refractivity contribution in [1.82, 2.24) is 4.98 Å². The zero-order valence-corrected chi connectivity index (χ0v) is 12.7. The molecule has 0 aliphatic heterocycles. The largest absolute Gasteiger partial charge is 0.507 e. The molecule has 0 unspecified atom stereocenters. The lowest BCUT2D eigenvalue weighted by molar-refractivity contribution is 0.0731. The van der Waals surface area contributed by atoms with Crippen LogP contribution in [0.2, 0.25) is 0 Å². The van der Waals surface area contributed by atoms with E-state index in [1.54, 1.807) is 48.8 Å². The Bertz CT molecular complexity index is 827. The van der Waals surface area contributed by atoms with Crippen molar-refractivity contribution >= 4 is 28.7 Å². The first-order valence-corrected chi connectivity index (χ1v) is 7.64. The van der Waals surface area contributed by atoms with Crippen molar-refractivity contribution in [1.29, 1.82) is 0 Å². The van der Waals surface area contributed by atoms with Gasteiger partial charge in [0.25, 0.3) is 0 Å². The maximum atomic E-state index is 12.0. The van der Waals surface area contributed by atoms with Gasteiger partial charge in [0.05, 0.1) is 0 Å². The van der Waals surface area contributed by atoms with Crippen LogP contribution >= 0.6 is 11.3 Å². The number of carbonyl (C=O) groups excluding carboxylic acids is 1. The van der Waals surface area contributed by atoms with E-state index in [1.165, 1.54) is 23.5 Å². The second-order valence-corrected chi connectivity index (χ2v) is 5.42. The molecule has 3 rings (SSSR count). The Morgan fingerprint density at radius 3 is 2.65 bits per heavy atom. The third-order valence-corrected chi connectivity index (χ3v) is 3.64. The summed E-state index contributed by atoms with van der Waals surface area (Å²) in [5, 5.41) is 12.2. The quantitative estimate of drug-likeness (QED) is 0.450. The Morgan fingerprint density at radius 2 is 1.96 bits per heavy atom. The van der Waals surface area contributed by atoms with Gasteiger partial charge in [-0.1, -0.05) is 12.1 Å². The van der Waals surface area contributed by atoms with Gasteiger partial charge in [-0.3, -0.25) is 0 Å². The molecule has 0 bridgehead atoms. The molecule has 0 aliphatic rings. The van der Waals surface area contributed by atoms with Gasteiger partial charge in [-0.05, 0) is 42.0 Å². The molecule has 0 amide bonds. The number of aliphatic imine (C=N–C) groups is 1. The van der Waals surface area contributed by atoms with Crippen molar-refractivity contribution in [3.8, 4) is 11.5 Å². The average Bonchev–Trinajstić information content (AvgIpc) is 3.08. The van der Waals surface area contributed by atoms with E-state index in [4.69, 9.17) is 4.74 Å². The number of phenols is 1. The summed E-state index contributed by atoms with van der Waals surface area (Å²) in [7, 11) is 0. The zero-order valence-electron chi connectivity index (χ0n) is 11.9. The molecule has 23 heavy (non-hydrogen) atoms. The van der Waals surface area contributed by atoms with Crippen LogP contribution in [-0.4, -0.2) is 22.3 Å². The standard InChI is InChI=1S/C17H12N2O3S/c20-15-4-2-1-3-14(15)16(21)22-13-7-5-12(6-8-13)11-19-17-18-9-10-23-17/h1-11,20H. The number of benzene rings is 2. The Labute approximate surface area is 136 Å². The molecule has 5 nitrogen and oxygen atoms in total. The second-order valence-electron chi connectivity index (χ2n) is 4.55. The lowest BCUT2D eigenvalue weighted by Gasteiger charge is -2.05. The zero-order chi connectivity index (χ0) is 16.1. The van der Waals surface area contributed by atoms with Crippen LogP contribution in [0.5, 0.6) is 11.5 Å². The van der Waals surface area contributed by atoms with E-state index in [-0.39, 0.29) is 11.3 Å². The molecule has 3 aromatic rings. The van der Waals surface area contributed by atoms with E-state index < -0.39 is 5.97 Å². The van der Waals surface area contributed by atoms with Crippen LogP contribution in [0.25, 0.3) is 0 Å². The van der Waals surface area contributed by atoms with Crippen molar-refractivity contribution < 1.29 is 14.6 Å². The van der Waals surface area contributed by atoms with Crippen LogP contribution in [0, 0.1) is 0 Å². The molecule has 114 valence electrons. The summed E-state index contributed by atoms with van der Waals surface area (Å²) in [5.41, 5.74) is 0.990. The van der Waals surface area contributed by atoms with Gasteiger partial charge in [-0.2, -0.15) is 0 Å². The third kappa shape index (κ3) is 3.81. The minimum Gasteiger partial charge on any atom is -0.507 e. The lowest BCUT2D eigenvalue weighted by atomic mass is 10.2. The van der Waals surface area contributed by atoms with Crippen LogP contribution < -0.4 is 4.74 Å². The van der Waals surface area contributed by atoms with Gasteiger partial charge in [0, 0.05) is 17.8 Å². The maximum Gasteiger partial charge on any atom is 0.347 e. The van der Waals surface area contributed by atoms with E-state index >= 15 is 0 Å². The Hall–Kier alpha value is -2.99. The van der Waals surface area contributed by atoms with Gasteiger partial charge in [0.1, 0.15) is 17.1 Å². The predicted molar refractivity (Wildman–Crippen MR) is 88.9 cm³/mol. The SMILES string of the molecule is O=C(Oc1ccc(C=Nc2nccs2)cc1)c1ccccc1O. The van der Waals surface area contributed by atoms with Gasteiger partial charge in [-0.25, -0.2) is 14.8 Å². The van der Waals surface area contributed by atoms with Gasteiger partial charge in [-0.15, -0.1) is 11.3 Å². The number of esters is 1. The van der Waals surface area contributed by atoms with Crippen LogP contribution in [0.15, 0.2) is 65.1 Å². The highest BCUT2D eigenvalue weighted by atomic mass is 32.1. The van der Waals surface area contributed by atoms with E-state index in [1.807, 2.05) is 5.38 Å². The number of hydrogen-bond donors (Lipinski definition) is 1. The number of ether oxygens (including phenoxy) is 1. The monoisotopic (exact) mass is 324 g/mol. The molecule has 1 N–H and O–H groups in total. The summed E-state index contributed by atoms with van der Waals surface area (Å²) in [5.74, 6) is -0.318. The van der Waals surface area contributed by atoms with Gasteiger partial charge < -0.3 is 9.84 Å². The number of aromatic nitrogens is 1. The minimum atomic E-state index is -0.604. The Morgan fingerprint density at radius 1 is 1.17 bits per heavy atom. The molecule has 6 heteroatoms. The highest BCUT2D eigenvalue weighted by Gasteiger charge is 2.12. The van der Waals surface area contributed by atoms with Crippen LogP contribution in [0.4, 0.5) is 5.13 Å². The highest BCUT2D eigenvalue weighted by molar-refractivity contribution is 7.13. The Kier molecular flexibility index (Phi) is 4.44. The number of aromatic hydroxyl groups is 1.